The Bertz CT molecular complexity index is 737. The second-order valence-corrected chi connectivity index (χ2v) is 7.77. The van der Waals surface area contributed by atoms with Crippen molar-refractivity contribution in [3.05, 3.63) is 24.0 Å². The number of ether oxygens (including phenoxy) is 1. The van der Waals surface area contributed by atoms with Crippen molar-refractivity contribution in [2.45, 2.75) is 36.7 Å². The highest BCUT2D eigenvalue weighted by Crippen LogP contribution is 2.31. The van der Waals surface area contributed by atoms with E-state index in [-0.39, 0.29) is 29.1 Å². The van der Waals surface area contributed by atoms with Crippen molar-refractivity contribution in [2.24, 2.45) is 0 Å². The number of sulfonamides is 1. The maximum Gasteiger partial charge on any atom is 0.243 e. The molecule has 2 aliphatic rings. The molecule has 126 valence electrons. The SMILES string of the molecule is COc1ccc(S(=O)(=O)N2C[C@@H]3CCCN3C(=O)[C@@H]2C)cc1F. The maximum absolute atomic E-state index is 13.9. The molecule has 6 nitrogen and oxygen atoms in total. The molecule has 0 spiro atoms. The van der Waals surface area contributed by atoms with E-state index >= 15 is 0 Å². The van der Waals surface area contributed by atoms with Gasteiger partial charge in [0.25, 0.3) is 0 Å². The van der Waals surface area contributed by atoms with E-state index in [1.54, 1.807) is 11.8 Å². The molecule has 2 heterocycles. The van der Waals surface area contributed by atoms with Crippen LogP contribution in [-0.2, 0) is 14.8 Å². The number of hydrogen-bond acceptors (Lipinski definition) is 4. The van der Waals surface area contributed by atoms with Crippen molar-refractivity contribution in [1.29, 1.82) is 0 Å². The number of carbonyl (C=O) groups excluding carboxylic acids is 1. The number of carbonyl (C=O) groups is 1. The van der Waals surface area contributed by atoms with Crippen LogP contribution in [0, 0.1) is 5.82 Å². The summed E-state index contributed by atoms with van der Waals surface area (Å²) in [5.41, 5.74) is 0. The number of piperazine rings is 1. The number of fused-ring (bicyclic) bond motifs is 1. The van der Waals surface area contributed by atoms with Crippen LogP contribution in [0.25, 0.3) is 0 Å². The third-order valence-electron chi connectivity index (χ3n) is 4.57. The Morgan fingerprint density at radius 1 is 1.35 bits per heavy atom. The normalized spacial score (nSPS) is 25.5. The lowest BCUT2D eigenvalue weighted by atomic mass is 10.1. The molecule has 2 fully saturated rings. The van der Waals surface area contributed by atoms with Gasteiger partial charge in [0, 0.05) is 19.1 Å². The van der Waals surface area contributed by atoms with Crippen molar-refractivity contribution < 1.29 is 22.3 Å². The molecule has 2 saturated heterocycles. The topological polar surface area (TPSA) is 66.9 Å². The predicted octanol–water partition coefficient (Wildman–Crippen LogP) is 1.22. The summed E-state index contributed by atoms with van der Waals surface area (Å²) in [7, 11) is -2.63. The third-order valence-corrected chi connectivity index (χ3v) is 6.50. The van der Waals surface area contributed by atoms with Crippen LogP contribution < -0.4 is 4.74 Å². The van der Waals surface area contributed by atoms with Gasteiger partial charge in [-0.15, -0.1) is 0 Å². The third kappa shape index (κ3) is 2.59. The van der Waals surface area contributed by atoms with Gasteiger partial charge in [-0.3, -0.25) is 4.79 Å². The molecule has 0 saturated carbocycles. The van der Waals surface area contributed by atoms with Crippen LogP contribution in [0.3, 0.4) is 0 Å². The van der Waals surface area contributed by atoms with Crippen LogP contribution in [0.1, 0.15) is 19.8 Å². The zero-order valence-electron chi connectivity index (χ0n) is 13.0. The van der Waals surface area contributed by atoms with Crippen molar-refractivity contribution in [2.75, 3.05) is 20.2 Å². The number of hydrogen-bond donors (Lipinski definition) is 0. The summed E-state index contributed by atoms with van der Waals surface area (Å²) in [6.45, 7) is 2.51. The molecular formula is C15H19FN2O4S. The van der Waals surface area contributed by atoms with Gasteiger partial charge in [-0.25, -0.2) is 12.8 Å². The van der Waals surface area contributed by atoms with Gasteiger partial charge in [-0.05, 0) is 38.0 Å². The molecule has 0 bridgehead atoms. The molecule has 0 aliphatic carbocycles. The highest BCUT2D eigenvalue weighted by atomic mass is 32.2. The summed E-state index contributed by atoms with van der Waals surface area (Å²) in [6.07, 6.45) is 1.68. The zero-order valence-corrected chi connectivity index (χ0v) is 13.8. The Balaban J connectivity index is 1.95. The number of halogens is 1. The highest BCUT2D eigenvalue weighted by molar-refractivity contribution is 7.89. The standard InChI is InChI=1S/C15H19FN2O4S/c1-10-15(19)17-7-3-4-11(17)9-18(10)23(20,21)12-5-6-14(22-2)13(16)8-12/h5-6,8,10-11H,3-4,7,9H2,1-2H3/t10-,11-/m0/s1. The lowest BCUT2D eigenvalue weighted by molar-refractivity contribution is -0.139. The van der Waals surface area contributed by atoms with Crippen molar-refractivity contribution in [1.82, 2.24) is 9.21 Å². The molecule has 0 N–H and O–H groups in total. The minimum Gasteiger partial charge on any atom is -0.494 e. The summed E-state index contributed by atoms with van der Waals surface area (Å²) < 4.78 is 45.5. The number of amides is 1. The fourth-order valence-electron chi connectivity index (χ4n) is 3.29. The van der Waals surface area contributed by atoms with Crippen LogP contribution in [-0.4, -0.2) is 55.8 Å². The predicted molar refractivity (Wildman–Crippen MR) is 81.0 cm³/mol. The van der Waals surface area contributed by atoms with Gasteiger partial charge in [-0.2, -0.15) is 4.31 Å². The summed E-state index contributed by atoms with van der Waals surface area (Å²) in [6, 6.07) is 2.65. The van der Waals surface area contributed by atoms with Crippen molar-refractivity contribution in [3.63, 3.8) is 0 Å². The van der Waals surface area contributed by atoms with Gasteiger partial charge < -0.3 is 9.64 Å². The molecule has 8 heteroatoms. The lowest BCUT2D eigenvalue weighted by Gasteiger charge is -2.40. The fraction of sp³-hybridized carbons (Fsp3) is 0.533. The Hall–Kier alpha value is -1.67. The van der Waals surface area contributed by atoms with Crippen LogP contribution >= 0.6 is 0 Å². The van der Waals surface area contributed by atoms with Gasteiger partial charge in [0.2, 0.25) is 15.9 Å². The first-order valence-corrected chi connectivity index (χ1v) is 8.96. The first-order valence-electron chi connectivity index (χ1n) is 7.52. The van der Waals surface area contributed by atoms with E-state index in [2.05, 4.69) is 0 Å². The minimum absolute atomic E-state index is 0.0197. The number of benzene rings is 1. The highest BCUT2D eigenvalue weighted by Gasteiger charge is 2.45. The van der Waals surface area contributed by atoms with E-state index in [1.807, 2.05) is 0 Å². The molecule has 0 aromatic heterocycles. The number of nitrogens with zero attached hydrogens (tertiary/aromatic N) is 2. The van der Waals surface area contributed by atoms with Gasteiger partial charge in [0.15, 0.2) is 11.6 Å². The molecule has 2 atom stereocenters. The number of rotatable bonds is 3. The monoisotopic (exact) mass is 342 g/mol. The summed E-state index contributed by atoms with van der Waals surface area (Å²) in [5, 5.41) is 0. The van der Waals surface area contributed by atoms with Crippen molar-refractivity contribution >= 4 is 15.9 Å². The van der Waals surface area contributed by atoms with E-state index in [0.29, 0.717) is 6.54 Å². The Morgan fingerprint density at radius 2 is 2.09 bits per heavy atom. The first-order chi connectivity index (χ1) is 10.9. The molecule has 3 rings (SSSR count). The Kier molecular flexibility index (Phi) is 4.05. The zero-order chi connectivity index (χ0) is 16.8. The van der Waals surface area contributed by atoms with E-state index in [0.717, 1.165) is 18.9 Å². The van der Waals surface area contributed by atoms with E-state index in [1.165, 1.54) is 23.5 Å². The lowest BCUT2D eigenvalue weighted by Crippen LogP contribution is -2.59. The van der Waals surface area contributed by atoms with Gasteiger partial charge in [-0.1, -0.05) is 0 Å². The van der Waals surface area contributed by atoms with Gasteiger partial charge >= 0.3 is 0 Å². The molecule has 0 unspecified atom stereocenters. The van der Waals surface area contributed by atoms with Crippen LogP contribution in [0.5, 0.6) is 5.75 Å². The maximum atomic E-state index is 13.9. The van der Waals surface area contributed by atoms with Crippen LogP contribution in [0.4, 0.5) is 4.39 Å². The summed E-state index contributed by atoms with van der Waals surface area (Å²) >= 11 is 0. The number of methoxy groups -OCH3 is 1. The first kappa shape index (κ1) is 16.2. The summed E-state index contributed by atoms with van der Waals surface area (Å²) in [4.78, 5) is 14.0. The molecule has 2 aliphatic heterocycles. The van der Waals surface area contributed by atoms with Crippen LogP contribution in [0.2, 0.25) is 0 Å². The molecular weight excluding hydrogens is 323 g/mol. The second-order valence-electron chi connectivity index (χ2n) is 5.87. The second kappa shape index (κ2) is 5.76. The average molecular weight is 342 g/mol. The van der Waals surface area contributed by atoms with Crippen LogP contribution in [0.15, 0.2) is 23.1 Å². The fourth-order valence-corrected chi connectivity index (χ4v) is 4.93. The van der Waals surface area contributed by atoms with Gasteiger partial charge in [0.1, 0.15) is 6.04 Å². The van der Waals surface area contributed by atoms with Gasteiger partial charge in [0.05, 0.1) is 12.0 Å². The molecule has 23 heavy (non-hydrogen) atoms. The quantitative estimate of drug-likeness (QED) is 0.828. The minimum atomic E-state index is -3.94. The van der Waals surface area contributed by atoms with E-state index < -0.39 is 21.9 Å². The van der Waals surface area contributed by atoms with Crippen molar-refractivity contribution in [3.8, 4) is 5.75 Å². The Labute approximate surface area is 134 Å². The molecule has 0 radical (unpaired) electrons. The Morgan fingerprint density at radius 3 is 2.74 bits per heavy atom. The summed E-state index contributed by atoms with van der Waals surface area (Å²) in [5.74, 6) is -0.947. The largest absolute Gasteiger partial charge is 0.494 e. The smallest absolute Gasteiger partial charge is 0.243 e. The molecule has 1 aromatic rings. The van der Waals surface area contributed by atoms with E-state index in [9.17, 15) is 17.6 Å². The van der Waals surface area contributed by atoms with E-state index in [4.69, 9.17) is 4.74 Å². The molecule has 1 amide bonds. The average Bonchev–Trinajstić information content (AvgIpc) is 2.99. The molecule has 1 aromatic carbocycles.